The summed E-state index contributed by atoms with van der Waals surface area (Å²) in [5, 5.41) is 10.0. The maximum Gasteiger partial charge on any atom is 0.412 e. The van der Waals surface area contributed by atoms with Crippen molar-refractivity contribution >= 4 is 12.2 Å². The molecule has 8 nitrogen and oxygen atoms in total. The Hall–Kier alpha value is -3.57. The molecule has 2 aromatic carbocycles. The number of nitrogens with zero attached hydrogens (tertiary/aromatic N) is 3. The van der Waals surface area contributed by atoms with Crippen LogP contribution >= 0.6 is 0 Å². The fraction of sp³-hybridized carbons (Fsp3) is 0.500. The lowest BCUT2D eigenvalue weighted by molar-refractivity contribution is -0.0707. The lowest BCUT2D eigenvalue weighted by atomic mass is 9.77. The molecule has 2 aliphatic heterocycles. The van der Waals surface area contributed by atoms with Crippen molar-refractivity contribution in [2.45, 2.75) is 64.9 Å². The monoisotopic (exact) mass is 519 g/mol. The van der Waals surface area contributed by atoms with Crippen LogP contribution in [0.25, 0.3) is 0 Å². The minimum Gasteiger partial charge on any atom is -0.444 e. The zero-order chi connectivity index (χ0) is 27.2. The molecule has 0 N–H and O–H groups in total. The number of piperidine rings is 1. The summed E-state index contributed by atoms with van der Waals surface area (Å²) in [7, 11) is 0. The van der Waals surface area contributed by atoms with Gasteiger partial charge in [-0.25, -0.2) is 9.59 Å². The first-order chi connectivity index (χ1) is 18.2. The van der Waals surface area contributed by atoms with Crippen molar-refractivity contribution < 1.29 is 23.8 Å². The van der Waals surface area contributed by atoms with Crippen molar-refractivity contribution in [3.05, 3.63) is 71.3 Å². The minimum atomic E-state index is -0.592. The van der Waals surface area contributed by atoms with E-state index < -0.39 is 23.3 Å². The molecule has 1 saturated heterocycles. The lowest BCUT2D eigenvalue weighted by Gasteiger charge is -2.39. The summed E-state index contributed by atoms with van der Waals surface area (Å²) in [6.07, 6.45) is 0.988. The number of benzene rings is 2. The van der Waals surface area contributed by atoms with Crippen molar-refractivity contribution in [1.29, 1.82) is 5.26 Å². The number of carbonyl (C=O) groups is 2. The highest BCUT2D eigenvalue weighted by Crippen LogP contribution is 2.37. The van der Waals surface area contributed by atoms with Crippen LogP contribution in [0, 0.1) is 16.7 Å². The molecule has 1 atom stereocenters. The number of nitriles is 1. The summed E-state index contributed by atoms with van der Waals surface area (Å²) < 4.78 is 17.4. The minimum absolute atomic E-state index is 0.191. The number of ether oxygens (including phenoxy) is 3. The van der Waals surface area contributed by atoms with E-state index in [2.05, 4.69) is 12.1 Å². The number of fused-ring (bicyclic) bond motifs is 1. The zero-order valence-electron chi connectivity index (χ0n) is 22.5. The lowest BCUT2D eigenvalue weighted by Crippen LogP contribution is -2.45. The second-order valence-electron chi connectivity index (χ2n) is 11.0. The highest BCUT2D eigenvalue weighted by Gasteiger charge is 2.38. The predicted octanol–water partition coefficient (Wildman–Crippen LogP) is 5.83. The summed E-state index contributed by atoms with van der Waals surface area (Å²) in [6, 6.07) is 20.0. The summed E-state index contributed by atoms with van der Waals surface area (Å²) >= 11 is 0. The third kappa shape index (κ3) is 6.84. The van der Waals surface area contributed by atoms with E-state index in [1.165, 1.54) is 0 Å². The van der Waals surface area contributed by atoms with E-state index in [4.69, 9.17) is 14.2 Å². The van der Waals surface area contributed by atoms with E-state index in [-0.39, 0.29) is 12.7 Å². The molecule has 0 radical (unpaired) electrons. The van der Waals surface area contributed by atoms with Gasteiger partial charge in [0.2, 0.25) is 0 Å². The average molecular weight is 520 g/mol. The van der Waals surface area contributed by atoms with Crippen molar-refractivity contribution in [2.75, 3.05) is 26.2 Å². The van der Waals surface area contributed by atoms with E-state index in [0.717, 1.165) is 23.1 Å². The summed E-state index contributed by atoms with van der Waals surface area (Å²) in [5.74, 6) is 0. The smallest absolute Gasteiger partial charge is 0.412 e. The molecule has 1 fully saturated rings. The van der Waals surface area contributed by atoms with Gasteiger partial charge in [-0.1, -0.05) is 54.6 Å². The third-order valence-electron chi connectivity index (χ3n) is 7.13. The standard InChI is InChI=1S/C30H37N3O5/c1-29(2,3)38-27(34)32-18-14-30(22-31,15-19-32)16-20-36-26-25-12-8-7-11-24(25)13-17-33(26)28(35)37-21-23-9-5-4-6-10-23/h4-12,26H,13-21H2,1-3H3. The van der Waals surface area contributed by atoms with Gasteiger partial charge in [-0.2, -0.15) is 5.26 Å². The number of likely N-dealkylation sites (tertiary alicyclic amines) is 1. The Balaban J connectivity index is 1.38. The molecule has 2 amide bonds. The van der Waals surface area contributed by atoms with E-state index in [9.17, 15) is 14.9 Å². The van der Waals surface area contributed by atoms with Crippen molar-refractivity contribution in [3.8, 4) is 6.07 Å². The fourth-order valence-electron chi connectivity index (χ4n) is 4.93. The maximum atomic E-state index is 13.1. The Morgan fingerprint density at radius 3 is 2.37 bits per heavy atom. The Kier molecular flexibility index (Phi) is 8.58. The number of hydrogen-bond acceptors (Lipinski definition) is 6. The van der Waals surface area contributed by atoms with Crippen LogP contribution in [0.15, 0.2) is 54.6 Å². The molecular formula is C30H37N3O5. The first-order valence-corrected chi connectivity index (χ1v) is 13.3. The van der Waals surface area contributed by atoms with Gasteiger partial charge >= 0.3 is 12.2 Å². The van der Waals surface area contributed by atoms with Gasteiger partial charge in [0.05, 0.1) is 18.1 Å². The van der Waals surface area contributed by atoms with Gasteiger partial charge in [0, 0.05) is 25.2 Å². The Morgan fingerprint density at radius 2 is 1.68 bits per heavy atom. The third-order valence-corrected chi connectivity index (χ3v) is 7.13. The first kappa shape index (κ1) is 27.5. The average Bonchev–Trinajstić information content (AvgIpc) is 2.91. The van der Waals surface area contributed by atoms with Gasteiger partial charge in [0.15, 0.2) is 6.23 Å². The van der Waals surface area contributed by atoms with Crippen LogP contribution < -0.4 is 0 Å². The van der Waals surface area contributed by atoms with Crippen molar-refractivity contribution in [1.82, 2.24) is 9.80 Å². The molecule has 2 aliphatic rings. The molecule has 0 saturated carbocycles. The molecule has 38 heavy (non-hydrogen) atoms. The van der Waals surface area contributed by atoms with Crippen LogP contribution in [0.5, 0.6) is 0 Å². The molecule has 4 rings (SSSR count). The molecule has 0 aliphatic carbocycles. The Bertz CT molecular complexity index is 1150. The number of carbonyl (C=O) groups excluding carboxylic acids is 2. The summed E-state index contributed by atoms with van der Waals surface area (Å²) in [6.45, 7) is 7.45. The zero-order valence-corrected chi connectivity index (χ0v) is 22.5. The molecule has 2 heterocycles. The Labute approximate surface area is 225 Å². The van der Waals surface area contributed by atoms with Gasteiger partial charge in [0.1, 0.15) is 12.2 Å². The van der Waals surface area contributed by atoms with E-state index in [1.807, 2.05) is 69.3 Å². The summed E-state index contributed by atoms with van der Waals surface area (Å²) in [4.78, 5) is 28.8. The topological polar surface area (TPSA) is 92.1 Å². The molecule has 2 aromatic rings. The van der Waals surface area contributed by atoms with Crippen LogP contribution in [0.1, 0.15) is 63.0 Å². The molecule has 0 bridgehead atoms. The molecule has 8 heteroatoms. The number of hydrogen-bond donors (Lipinski definition) is 0. The highest BCUT2D eigenvalue weighted by molar-refractivity contribution is 5.69. The molecular weight excluding hydrogens is 482 g/mol. The van der Waals surface area contributed by atoms with Gasteiger partial charge in [0.25, 0.3) is 0 Å². The first-order valence-electron chi connectivity index (χ1n) is 13.3. The molecule has 0 spiro atoms. The van der Waals surface area contributed by atoms with Crippen LogP contribution in [-0.4, -0.2) is 53.8 Å². The second kappa shape index (κ2) is 11.9. The molecule has 1 unspecified atom stereocenters. The van der Waals surface area contributed by atoms with Crippen LogP contribution in [0.3, 0.4) is 0 Å². The van der Waals surface area contributed by atoms with Crippen LogP contribution in [0.4, 0.5) is 9.59 Å². The number of rotatable bonds is 6. The van der Waals surface area contributed by atoms with Gasteiger partial charge < -0.3 is 19.1 Å². The van der Waals surface area contributed by atoms with Gasteiger partial charge in [-0.3, -0.25) is 4.90 Å². The second-order valence-corrected chi connectivity index (χ2v) is 11.0. The van der Waals surface area contributed by atoms with Crippen molar-refractivity contribution in [3.63, 3.8) is 0 Å². The number of amides is 2. The quantitative estimate of drug-likeness (QED) is 0.477. The van der Waals surface area contributed by atoms with Crippen LogP contribution in [-0.2, 0) is 27.2 Å². The predicted molar refractivity (Wildman–Crippen MR) is 142 cm³/mol. The largest absolute Gasteiger partial charge is 0.444 e. The maximum absolute atomic E-state index is 13.1. The highest BCUT2D eigenvalue weighted by atomic mass is 16.6. The SMILES string of the molecule is CC(C)(C)OC(=O)N1CCC(C#N)(CCOC2c3ccccc3CCN2C(=O)OCc2ccccc2)CC1. The normalized spacial score (nSPS) is 18.7. The fourth-order valence-corrected chi connectivity index (χ4v) is 4.93. The van der Waals surface area contributed by atoms with E-state index >= 15 is 0 Å². The molecule has 202 valence electrons. The van der Waals surface area contributed by atoms with E-state index in [1.54, 1.807) is 9.80 Å². The molecule has 0 aromatic heterocycles. The Morgan fingerprint density at radius 1 is 1.00 bits per heavy atom. The van der Waals surface area contributed by atoms with Crippen LogP contribution in [0.2, 0.25) is 0 Å². The van der Waals surface area contributed by atoms with Gasteiger partial charge in [-0.15, -0.1) is 0 Å². The van der Waals surface area contributed by atoms with E-state index in [0.29, 0.717) is 45.5 Å². The van der Waals surface area contributed by atoms with Crippen molar-refractivity contribution in [2.24, 2.45) is 5.41 Å². The van der Waals surface area contributed by atoms with Gasteiger partial charge in [-0.05, 0) is 57.6 Å². The summed E-state index contributed by atoms with van der Waals surface area (Å²) in [5.41, 5.74) is 1.86.